The summed E-state index contributed by atoms with van der Waals surface area (Å²) in [4.78, 5) is 0. The predicted molar refractivity (Wildman–Crippen MR) is 75.7 cm³/mol. The maximum Gasteiger partial charge on any atom is 0.289 e. The lowest BCUT2D eigenvalue weighted by molar-refractivity contribution is -0.634. The highest BCUT2D eigenvalue weighted by Gasteiger charge is 2.23. The van der Waals surface area contributed by atoms with Gasteiger partial charge in [-0.1, -0.05) is 12.1 Å². The van der Waals surface area contributed by atoms with Gasteiger partial charge >= 0.3 is 0 Å². The van der Waals surface area contributed by atoms with Gasteiger partial charge < -0.3 is 9.47 Å². The van der Waals surface area contributed by atoms with Gasteiger partial charge in [0.25, 0.3) is 5.82 Å². The first-order valence-corrected chi connectivity index (χ1v) is 6.59. The Morgan fingerprint density at radius 2 is 1.85 bits per heavy atom. The Labute approximate surface area is 116 Å². The monoisotopic (exact) mass is 267 g/mol. The lowest BCUT2D eigenvalue weighted by Crippen LogP contribution is -2.29. The number of hydrogen-bond acceptors (Lipinski definition) is 2. The Kier molecular flexibility index (Phi) is 2.27. The molecule has 0 fully saturated rings. The van der Waals surface area contributed by atoms with Crippen LogP contribution in [0.3, 0.4) is 0 Å². The van der Waals surface area contributed by atoms with E-state index in [2.05, 4.69) is 53.6 Å². The molecule has 2 aromatic carbocycles. The average molecular weight is 267 g/mol. The van der Waals surface area contributed by atoms with E-state index in [-0.39, 0.29) is 0 Å². The van der Waals surface area contributed by atoms with E-state index in [1.165, 1.54) is 11.0 Å². The molecule has 0 spiro atoms. The van der Waals surface area contributed by atoms with E-state index in [4.69, 9.17) is 9.47 Å². The highest BCUT2D eigenvalue weighted by Crippen LogP contribution is 2.35. The maximum absolute atomic E-state index is 5.47. The molecule has 1 aliphatic rings. The second kappa shape index (κ2) is 4.00. The van der Waals surface area contributed by atoms with Crippen molar-refractivity contribution in [3.05, 3.63) is 42.5 Å². The minimum Gasteiger partial charge on any atom is -0.454 e. The molecule has 3 aromatic rings. The van der Waals surface area contributed by atoms with E-state index >= 15 is 0 Å². The molecule has 1 aliphatic heterocycles. The van der Waals surface area contributed by atoms with Crippen LogP contribution in [0, 0.1) is 0 Å². The molecule has 0 aliphatic carbocycles. The lowest BCUT2D eigenvalue weighted by atomic mass is 10.2. The van der Waals surface area contributed by atoms with Crippen molar-refractivity contribution >= 4 is 11.0 Å². The van der Waals surface area contributed by atoms with E-state index in [1.807, 2.05) is 12.1 Å². The van der Waals surface area contributed by atoms with Crippen molar-refractivity contribution in [1.82, 2.24) is 4.57 Å². The van der Waals surface area contributed by atoms with Crippen molar-refractivity contribution in [1.29, 1.82) is 0 Å². The number of ether oxygens (including phenoxy) is 2. The number of fused-ring (bicyclic) bond motifs is 2. The zero-order chi connectivity index (χ0) is 13.7. The van der Waals surface area contributed by atoms with Crippen LogP contribution in [0.5, 0.6) is 11.5 Å². The first-order valence-electron chi connectivity index (χ1n) is 6.59. The third-order valence-corrected chi connectivity index (χ3v) is 3.87. The quantitative estimate of drug-likeness (QED) is 0.633. The van der Waals surface area contributed by atoms with Crippen molar-refractivity contribution in [2.45, 2.75) is 0 Å². The van der Waals surface area contributed by atoms with Crippen LogP contribution in [0.4, 0.5) is 0 Å². The van der Waals surface area contributed by atoms with Crippen molar-refractivity contribution in [3.63, 3.8) is 0 Å². The molecule has 4 nitrogen and oxygen atoms in total. The summed E-state index contributed by atoms with van der Waals surface area (Å²) in [6.07, 6.45) is 0. The predicted octanol–water partition coefficient (Wildman–Crippen LogP) is 2.40. The summed E-state index contributed by atoms with van der Waals surface area (Å²) < 4.78 is 15.2. The molecule has 4 rings (SSSR count). The third-order valence-electron chi connectivity index (χ3n) is 3.87. The molecule has 0 N–H and O–H groups in total. The molecule has 2 heterocycles. The summed E-state index contributed by atoms with van der Waals surface area (Å²) in [5.41, 5.74) is 3.54. The van der Waals surface area contributed by atoms with E-state index in [0.29, 0.717) is 6.79 Å². The van der Waals surface area contributed by atoms with E-state index in [9.17, 15) is 0 Å². The fourth-order valence-corrected chi connectivity index (χ4v) is 2.91. The van der Waals surface area contributed by atoms with Crippen molar-refractivity contribution < 1.29 is 14.0 Å². The molecular weight excluding hydrogens is 252 g/mol. The smallest absolute Gasteiger partial charge is 0.289 e. The molecule has 0 atom stereocenters. The summed E-state index contributed by atoms with van der Waals surface area (Å²) in [6.45, 7) is 0.306. The van der Waals surface area contributed by atoms with Gasteiger partial charge in [-0.2, -0.15) is 0 Å². The minimum atomic E-state index is 0.306. The van der Waals surface area contributed by atoms with E-state index < -0.39 is 0 Å². The van der Waals surface area contributed by atoms with Crippen LogP contribution in [0.15, 0.2) is 42.5 Å². The van der Waals surface area contributed by atoms with Gasteiger partial charge in [0.05, 0.1) is 19.7 Å². The number of aromatic nitrogens is 2. The fourth-order valence-electron chi connectivity index (χ4n) is 2.91. The molecule has 0 unspecified atom stereocenters. The molecule has 0 saturated carbocycles. The minimum absolute atomic E-state index is 0.306. The molecule has 20 heavy (non-hydrogen) atoms. The number of rotatable bonds is 1. The largest absolute Gasteiger partial charge is 0.454 e. The average Bonchev–Trinajstić information content (AvgIpc) is 3.03. The molecule has 0 saturated heterocycles. The maximum atomic E-state index is 5.47. The van der Waals surface area contributed by atoms with Gasteiger partial charge in [0.2, 0.25) is 6.79 Å². The molecular formula is C16H15N2O2+. The van der Waals surface area contributed by atoms with Crippen LogP contribution in [0.1, 0.15) is 0 Å². The van der Waals surface area contributed by atoms with Gasteiger partial charge in [0.15, 0.2) is 22.5 Å². The Hall–Kier alpha value is -2.49. The number of imidazole rings is 1. The summed E-state index contributed by atoms with van der Waals surface area (Å²) in [5, 5.41) is 0. The normalized spacial score (nSPS) is 13.1. The zero-order valence-corrected chi connectivity index (χ0v) is 11.5. The third kappa shape index (κ3) is 1.45. The van der Waals surface area contributed by atoms with Crippen LogP contribution >= 0.6 is 0 Å². The fraction of sp³-hybridized carbons (Fsp3) is 0.188. The number of nitrogens with zero attached hydrogens (tertiary/aromatic N) is 2. The van der Waals surface area contributed by atoms with Crippen LogP contribution in [-0.4, -0.2) is 11.4 Å². The first kappa shape index (κ1) is 11.3. The molecule has 0 bridgehead atoms. The molecule has 4 heteroatoms. The second-order valence-corrected chi connectivity index (χ2v) is 5.00. The van der Waals surface area contributed by atoms with Gasteiger partial charge in [-0.3, -0.25) is 0 Å². The SMILES string of the molecule is Cn1c(-c2ccc3c(c2)OCO3)[n+](C)c2ccccc21. The van der Waals surface area contributed by atoms with Gasteiger partial charge in [-0.05, 0) is 30.3 Å². The van der Waals surface area contributed by atoms with Crippen LogP contribution in [0.2, 0.25) is 0 Å². The van der Waals surface area contributed by atoms with E-state index in [1.54, 1.807) is 0 Å². The molecule has 1 aromatic heterocycles. The Bertz CT molecular complexity index is 782. The molecule has 100 valence electrons. The van der Waals surface area contributed by atoms with Crippen molar-refractivity contribution in [2.24, 2.45) is 14.1 Å². The molecule has 0 amide bonds. The number of para-hydroxylation sites is 2. The number of benzene rings is 2. The Morgan fingerprint density at radius 3 is 2.70 bits per heavy atom. The van der Waals surface area contributed by atoms with Crippen LogP contribution in [-0.2, 0) is 14.1 Å². The van der Waals surface area contributed by atoms with Gasteiger partial charge in [-0.25, -0.2) is 9.13 Å². The second-order valence-electron chi connectivity index (χ2n) is 5.00. The van der Waals surface area contributed by atoms with Crippen molar-refractivity contribution in [2.75, 3.05) is 6.79 Å². The van der Waals surface area contributed by atoms with Gasteiger partial charge in [0, 0.05) is 0 Å². The topological polar surface area (TPSA) is 27.3 Å². The highest BCUT2D eigenvalue weighted by molar-refractivity contribution is 5.76. The number of aryl methyl sites for hydroxylation is 2. The van der Waals surface area contributed by atoms with Gasteiger partial charge in [0.1, 0.15) is 0 Å². The summed E-state index contributed by atoms with van der Waals surface area (Å²) in [6, 6.07) is 14.5. The van der Waals surface area contributed by atoms with Crippen LogP contribution < -0.4 is 14.0 Å². The Morgan fingerprint density at radius 1 is 1.05 bits per heavy atom. The number of hydrogen-bond donors (Lipinski definition) is 0. The van der Waals surface area contributed by atoms with Crippen molar-refractivity contribution in [3.8, 4) is 22.9 Å². The zero-order valence-electron chi connectivity index (χ0n) is 11.5. The Balaban J connectivity index is 1.98. The van der Waals surface area contributed by atoms with Gasteiger partial charge in [-0.15, -0.1) is 0 Å². The summed E-state index contributed by atoms with van der Waals surface area (Å²) in [5.74, 6) is 2.77. The summed E-state index contributed by atoms with van der Waals surface area (Å²) in [7, 11) is 4.17. The van der Waals surface area contributed by atoms with Crippen LogP contribution in [0.25, 0.3) is 22.4 Å². The standard InChI is InChI=1S/C16H15N2O2/c1-17-12-5-3-4-6-13(12)18(2)16(17)11-7-8-14-15(9-11)20-10-19-14/h3-9H,10H2,1-2H3/q+1. The summed E-state index contributed by atoms with van der Waals surface area (Å²) >= 11 is 0. The molecule has 0 radical (unpaired) electrons. The lowest BCUT2D eigenvalue weighted by Gasteiger charge is -2.01. The highest BCUT2D eigenvalue weighted by atomic mass is 16.7. The van der Waals surface area contributed by atoms with E-state index in [0.717, 1.165) is 22.9 Å². The first-order chi connectivity index (χ1) is 9.75.